The third-order valence-electron chi connectivity index (χ3n) is 3.02. The van der Waals surface area contributed by atoms with E-state index in [9.17, 15) is 18.4 Å². The van der Waals surface area contributed by atoms with Crippen molar-refractivity contribution in [2.24, 2.45) is 0 Å². The molecule has 2 amide bonds. The number of para-hydroxylation sites is 1. The Hall–Kier alpha value is -1.83. The topological polar surface area (TPSA) is 37.4 Å². The third-order valence-corrected chi connectivity index (χ3v) is 3.93. The van der Waals surface area contributed by atoms with E-state index >= 15 is 0 Å². The van der Waals surface area contributed by atoms with Crippen LogP contribution in [-0.4, -0.2) is 11.8 Å². The second-order valence-electron chi connectivity index (χ2n) is 4.21. The zero-order valence-electron chi connectivity index (χ0n) is 9.86. The van der Waals surface area contributed by atoms with Crippen LogP contribution in [-0.2, 0) is 0 Å². The van der Waals surface area contributed by atoms with Gasteiger partial charge >= 0.3 is 0 Å². The van der Waals surface area contributed by atoms with Crippen molar-refractivity contribution in [1.29, 1.82) is 0 Å². The SMILES string of the molecule is O=C1c2cc(F)c(F)cc2C(=O)N1c1ccccc1I. The first kappa shape index (κ1) is 13.2. The van der Waals surface area contributed by atoms with Gasteiger partial charge in [-0.15, -0.1) is 0 Å². The van der Waals surface area contributed by atoms with Crippen molar-refractivity contribution in [3.05, 3.63) is 62.7 Å². The van der Waals surface area contributed by atoms with E-state index in [2.05, 4.69) is 0 Å². The maximum atomic E-state index is 13.2. The van der Waals surface area contributed by atoms with Gasteiger partial charge in [-0.05, 0) is 46.9 Å². The van der Waals surface area contributed by atoms with Crippen LogP contribution in [0.4, 0.5) is 14.5 Å². The fourth-order valence-corrected chi connectivity index (χ4v) is 2.71. The van der Waals surface area contributed by atoms with Gasteiger partial charge < -0.3 is 0 Å². The van der Waals surface area contributed by atoms with Gasteiger partial charge in [0.2, 0.25) is 0 Å². The number of carbonyl (C=O) groups excluding carboxylic acids is 2. The summed E-state index contributed by atoms with van der Waals surface area (Å²) < 4.78 is 27.1. The number of carbonyl (C=O) groups is 2. The lowest BCUT2D eigenvalue weighted by Crippen LogP contribution is -2.30. The first-order chi connectivity index (χ1) is 9.50. The molecule has 0 atom stereocenters. The summed E-state index contributed by atoms with van der Waals surface area (Å²) >= 11 is 1.99. The molecule has 0 unspecified atom stereocenters. The van der Waals surface area contributed by atoms with Crippen LogP contribution in [0.1, 0.15) is 20.7 Å². The van der Waals surface area contributed by atoms with E-state index in [0.29, 0.717) is 9.26 Å². The molecule has 0 saturated heterocycles. The predicted octanol–water partition coefficient (Wildman–Crippen LogP) is 3.37. The molecular weight excluding hydrogens is 379 g/mol. The standard InChI is InChI=1S/C14H6F2INO2/c15-9-5-7-8(6-10(9)16)14(20)18(13(7)19)12-4-2-1-3-11(12)17/h1-6H. The molecule has 0 saturated carbocycles. The Bertz CT molecular complexity index is 720. The average molecular weight is 385 g/mol. The number of hydrogen-bond acceptors (Lipinski definition) is 2. The predicted molar refractivity (Wildman–Crippen MR) is 76.7 cm³/mol. The van der Waals surface area contributed by atoms with E-state index in [-0.39, 0.29) is 11.1 Å². The molecule has 0 bridgehead atoms. The minimum absolute atomic E-state index is 0.117. The lowest BCUT2D eigenvalue weighted by atomic mass is 10.1. The van der Waals surface area contributed by atoms with E-state index in [4.69, 9.17) is 0 Å². The molecule has 0 aliphatic carbocycles. The minimum atomic E-state index is -1.14. The maximum absolute atomic E-state index is 13.2. The Labute approximate surface area is 126 Å². The largest absolute Gasteiger partial charge is 0.268 e. The quantitative estimate of drug-likeness (QED) is 0.558. The third kappa shape index (κ3) is 1.82. The molecule has 0 spiro atoms. The van der Waals surface area contributed by atoms with Crippen LogP contribution in [0.15, 0.2) is 36.4 Å². The second kappa shape index (κ2) is 4.62. The number of rotatable bonds is 1. The van der Waals surface area contributed by atoms with Crippen LogP contribution in [0.5, 0.6) is 0 Å². The number of halogens is 3. The highest BCUT2D eigenvalue weighted by atomic mass is 127. The molecule has 100 valence electrons. The Kier molecular flexibility index (Phi) is 3.04. The normalized spacial score (nSPS) is 13.8. The Morgan fingerprint density at radius 1 is 0.900 bits per heavy atom. The van der Waals surface area contributed by atoms with Crippen molar-refractivity contribution in [1.82, 2.24) is 0 Å². The molecule has 1 aliphatic heterocycles. The summed E-state index contributed by atoms with van der Waals surface area (Å²) in [7, 11) is 0. The van der Waals surface area contributed by atoms with Gasteiger partial charge in [0.15, 0.2) is 11.6 Å². The zero-order chi connectivity index (χ0) is 14.4. The molecule has 0 aromatic heterocycles. The smallest absolute Gasteiger partial charge is 0.266 e. The molecule has 20 heavy (non-hydrogen) atoms. The highest BCUT2D eigenvalue weighted by Gasteiger charge is 2.38. The molecule has 1 aliphatic rings. The Morgan fingerprint density at radius 3 is 1.90 bits per heavy atom. The van der Waals surface area contributed by atoms with Crippen LogP contribution in [0.25, 0.3) is 0 Å². The molecule has 3 rings (SSSR count). The number of benzene rings is 2. The van der Waals surface area contributed by atoms with Crippen LogP contribution < -0.4 is 4.90 Å². The van der Waals surface area contributed by atoms with Gasteiger partial charge in [0.1, 0.15) is 0 Å². The van der Waals surface area contributed by atoms with Crippen molar-refractivity contribution < 1.29 is 18.4 Å². The second-order valence-corrected chi connectivity index (χ2v) is 5.37. The fraction of sp³-hybridized carbons (Fsp3) is 0. The monoisotopic (exact) mass is 385 g/mol. The van der Waals surface area contributed by atoms with Crippen molar-refractivity contribution in [3.8, 4) is 0 Å². The van der Waals surface area contributed by atoms with Crippen LogP contribution >= 0.6 is 22.6 Å². The van der Waals surface area contributed by atoms with Gasteiger partial charge in [0.05, 0.1) is 16.8 Å². The molecule has 0 radical (unpaired) electrons. The van der Waals surface area contributed by atoms with Crippen LogP contribution in [0, 0.1) is 15.2 Å². The van der Waals surface area contributed by atoms with Crippen molar-refractivity contribution >= 4 is 40.1 Å². The maximum Gasteiger partial charge on any atom is 0.266 e. The van der Waals surface area contributed by atoms with Gasteiger partial charge in [-0.1, -0.05) is 12.1 Å². The summed E-state index contributed by atoms with van der Waals surface area (Å²) in [5.41, 5.74) is 0.169. The summed E-state index contributed by atoms with van der Waals surface area (Å²) in [5, 5.41) is 0. The average Bonchev–Trinajstić information content (AvgIpc) is 2.64. The molecule has 6 heteroatoms. The number of nitrogens with zero attached hydrogens (tertiary/aromatic N) is 1. The highest BCUT2D eigenvalue weighted by molar-refractivity contribution is 14.1. The zero-order valence-corrected chi connectivity index (χ0v) is 12.0. The number of fused-ring (bicyclic) bond motifs is 1. The van der Waals surface area contributed by atoms with Crippen molar-refractivity contribution in [2.75, 3.05) is 4.90 Å². The first-order valence-corrected chi connectivity index (χ1v) is 6.71. The first-order valence-electron chi connectivity index (χ1n) is 5.63. The molecule has 1 heterocycles. The van der Waals surface area contributed by atoms with E-state index in [1.807, 2.05) is 22.6 Å². The molecule has 0 fully saturated rings. The molecule has 2 aromatic rings. The summed E-state index contributed by atoms with van der Waals surface area (Å²) in [6.45, 7) is 0. The number of hydrogen-bond donors (Lipinski definition) is 0. The van der Waals surface area contributed by atoms with Crippen LogP contribution in [0.3, 0.4) is 0 Å². The van der Waals surface area contributed by atoms with Gasteiger partial charge in [-0.2, -0.15) is 0 Å². The molecule has 2 aromatic carbocycles. The number of amides is 2. The molecule has 0 N–H and O–H groups in total. The van der Waals surface area contributed by atoms with E-state index in [1.54, 1.807) is 24.3 Å². The minimum Gasteiger partial charge on any atom is -0.268 e. The van der Waals surface area contributed by atoms with Gasteiger partial charge in [0.25, 0.3) is 11.8 Å². The van der Waals surface area contributed by atoms with Crippen molar-refractivity contribution in [3.63, 3.8) is 0 Å². The van der Waals surface area contributed by atoms with Crippen LogP contribution in [0.2, 0.25) is 0 Å². The Balaban J connectivity index is 2.17. The van der Waals surface area contributed by atoms with E-state index in [1.165, 1.54) is 0 Å². The van der Waals surface area contributed by atoms with Gasteiger partial charge in [0, 0.05) is 3.57 Å². The molecular formula is C14H6F2INO2. The summed E-state index contributed by atoms with van der Waals surface area (Å²) in [4.78, 5) is 25.4. The number of imide groups is 1. The van der Waals surface area contributed by atoms with Gasteiger partial charge in [-0.3, -0.25) is 9.59 Å². The van der Waals surface area contributed by atoms with E-state index in [0.717, 1.165) is 17.0 Å². The molecule has 3 nitrogen and oxygen atoms in total. The lowest BCUT2D eigenvalue weighted by molar-refractivity contribution is 0.0926. The fourth-order valence-electron chi connectivity index (χ4n) is 2.09. The number of anilines is 1. The summed E-state index contributed by atoms with van der Waals surface area (Å²) in [6, 6.07) is 8.32. The van der Waals surface area contributed by atoms with E-state index < -0.39 is 23.4 Å². The lowest BCUT2D eigenvalue weighted by Gasteiger charge is -2.15. The Morgan fingerprint density at radius 2 is 1.40 bits per heavy atom. The van der Waals surface area contributed by atoms with Crippen molar-refractivity contribution in [2.45, 2.75) is 0 Å². The summed E-state index contributed by atoms with van der Waals surface area (Å²) in [5.74, 6) is -3.58. The van der Waals surface area contributed by atoms with Gasteiger partial charge in [-0.25, -0.2) is 13.7 Å². The summed E-state index contributed by atoms with van der Waals surface area (Å²) in [6.07, 6.45) is 0. The highest BCUT2D eigenvalue weighted by Crippen LogP contribution is 2.32.